The van der Waals surface area contributed by atoms with Gasteiger partial charge in [-0.05, 0) is 43.4 Å². The van der Waals surface area contributed by atoms with Crippen LogP contribution >= 0.6 is 0 Å². The fraction of sp³-hybridized carbons (Fsp3) is 0.667. The lowest BCUT2D eigenvalue weighted by Crippen LogP contribution is -2.42. The van der Waals surface area contributed by atoms with Crippen molar-refractivity contribution < 1.29 is 31.1 Å². The minimum absolute atomic E-state index is 0.0915. The third kappa shape index (κ3) is 5.89. The lowest BCUT2D eigenvalue weighted by atomic mass is 9.80. The molecule has 0 spiro atoms. The van der Waals surface area contributed by atoms with Crippen molar-refractivity contribution in [2.45, 2.75) is 51.0 Å². The molecule has 0 N–H and O–H groups in total. The first-order chi connectivity index (χ1) is 14.0. The Morgan fingerprint density at radius 2 is 1.60 bits per heavy atom. The molecular formula is C21H26F6N2O. The third-order valence-electron chi connectivity index (χ3n) is 6.07. The van der Waals surface area contributed by atoms with Gasteiger partial charge in [0.05, 0.1) is 11.5 Å². The molecule has 1 saturated carbocycles. The highest BCUT2D eigenvalue weighted by atomic mass is 19.4. The van der Waals surface area contributed by atoms with Crippen molar-refractivity contribution in [3.05, 3.63) is 35.4 Å². The second kappa shape index (κ2) is 9.16. The van der Waals surface area contributed by atoms with Crippen LogP contribution in [-0.4, -0.2) is 48.1 Å². The molecule has 2 unspecified atom stereocenters. The predicted octanol–water partition coefficient (Wildman–Crippen LogP) is 5.11. The van der Waals surface area contributed by atoms with Gasteiger partial charge in [-0.15, -0.1) is 0 Å². The molecule has 1 aliphatic carbocycles. The minimum Gasteiger partial charge on any atom is -0.341 e. The maximum atomic E-state index is 13.0. The molecule has 1 aromatic carbocycles. The monoisotopic (exact) mass is 436 g/mol. The molecule has 1 amide bonds. The fourth-order valence-corrected chi connectivity index (χ4v) is 4.38. The SMILES string of the molecule is O=C(C1CCCC(C(F)(F)F)C1)N1CCCN(Cc2ccc(C(F)(F)F)cc2)CC1. The number of amides is 1. The summed E-state index contributed by atoms with van der Waals surface area (Å²) in [6.45, 7) is 2.62. The Hall–Kier alpha value is -1.77. The van der Waals surface area contributed by atoms with Gasteiger partial charge in [-0.25, -0.2) is 0 Å². The van der Waals surface area contributed by atoms with E-state index in [1.165, 1.54) is 12.1 Å². The Labute approximate surface area is 172 Å². The zero-order chi connectivity index (χ0) is 21.9. The number of nitrogens with zero attached hydrogens (tertiary/aromatic N) is 2. The van der Waals surface area contributed by atoms with Crippen molar-refractivity contribution in [1.29, 1.82) is 0 Å². The van der Waals surface area contributed by atoms with E-state index in [4.69, 9.17) is 0 Å². The van der Waals surface area contributed by atoms with Gasteiger partial charge in [0, 0.05) is 38.6 Å². The Balaban J connectivity index is 1.54. The van der Waals surface area contributed by atoms with Crippen molar-refractivity contribution in [1.82, 2.24) is 9.80 Å². The molecule has 2 atom stereocenters. The van der Waals surface area contributed by atoms with E-state index in [1.807, 2.05) is 0 Å². The van der Waals surface area contributed by atoms with Crippen molar-refractivity contribution in [2.75, 3.05) is 26.2 Å². The van der Waals surface area contributed by atoms with Gasteiger partial charge in [0.25, 0.3) is 0 Å². The summed E-state index contributed by atoms with van der Waals surface area (Å²) in [7, 11) is 0. The zero-order valence-electron chi connectivity index (χ0n) is 16.6. The molecule has 1 aliphatic heterocycles. The van der Waals surface area contributed by atoms with Crippen LogP contribution in [0.4, 0.5) is 26.3 Å². The van der Waals surface area contributed by atoms with Crippen molar-refractivity contribution in [2.24, 2.45) is 11.8 Å². The minimum atomic E-state index is -4.37. The molecular weight excluding hydrogens is 410 g/mol. The third-order valence-corrected chi connectivity index (χ3v) is 6.07. The Morgan fingerprint density at radius 1 is 0.900 bits per heavy atom. The standard InChI is InChI=1S/C21H26F6N2O/c22-20(23,24)17-7-5-15(6-8-17)14-28-9-2-10-29(12-11-28)19(30)16-3-1-4-18(13-16)21(25,26)27/h5-8,16,18H,1-4,9-14H2. The van der Waals surface area contributed by atoms with E-state index in [2.05, 4.69) is 4.90 Å². The second-order valence-electron chi connectivity index (χ2n) is 8.25. The molecule has 0 aromatic heterocycles. The van der Waals surface area contributed by atoms with Crippen LogP contribution in [0.3, 0.4) is 0 Å². The first-order valence-electron chi connectivity index (χ1n) is 10.3. The van der Waals surface area contributed by atoms with E-state index in [9.17, 15) is 31.1 Å². The second-order valence-corrected chi connectivity index (χ2v) is 8.25. The van der Waals surface area contributed by atoms with Crippen molar-refractivity contribution in [3.63, 3.8) is 0 Å². The number of carbonyl (C=O) groups excluding carboxylic acids is 1. The number of rotatable bonds is 3. The van der Waals surface area contributed by atoms with Gasteiger partial charge in [-0.1, -0.05) is 18.6 Å². The summed E-state index contributed by atoms with van der Waals surface area (Å²) in [5.41, 5.74) is 0.0617. The number of benzene rings is 1. The van der Waals surface area contributed by atoms with Crippen LogP contribution in [0.2, 0.25) is 0 Å². The normalized spacial score (nSPS) is 24.5. The molecule has 0 radical (unpaired) electrons. The summed E-state index contributed by atoms with van der Waals surface area (Å²) in [5.74, 6) is -2.17. The van der Waals surface area contributed by atoms with Gasteiger partial charge in [-0.3, -0.25) is 9.69 Å². The molecule has 30 heavy (non-hydrogen) atoms. The number of hydrogen-bond acceptors (Lipinski definition) is 2. The highest BCUT2D eigenvalue weighted by Gasteiger charge is 2.44. The summed E-state index contributed by atoms with van der Waals surface area (Å²) in [5, 5.41) is 0. The van der Waals surface area contributed by atoms with Gasteiger partial charge < -0.3 is 4.90 Å². The molecule has 1 heterocycles. The Bertz CT molecular complexity index is 716. The number of alkyl halides is 6. The molecule has 9 heteroatoms. The van der Waals surface area contributed by atoms with E-state index >= 15 is 0 Å². The number of carbonyl (C=O) groups is 1. The largest absolute Gasteiger partial charge is 0.416 e. The Kier molecular flexibility index (Phi) is 6.99. The van der Waals surface area contributed by atoms with Gasteiger partial charge in [0.1, 0.15) is 0 Å². The Morgan fingerprint density at radius 3 is 2.23 bits per heavy atom. The highest BCUT2D eigenvalue weighted by Crippen LogP contribution is 2.40. The van der Waals surface area contributed by atoms with Gasteiger partial charge >= 0.3 is 12.4 Å². The van der Waals surface area contributed by atoms with Crippen LogP contribution < -0.4 is 0 Å². The van der Waals surface area contributed by atoms with E-state index in [-0.39, 0.29) is 18.7 Å². The van der Waals surface area contributed by atoms with Crippen LogP contribution in [0.25, 0.3) is 0 Å². The maximum Gasteiger partial charge on any atom is 0.416 e. The van der Waals surface area contributed by atoms with E-state index in [0.717, 1.165) is 17.7 Å². The molecule has 2 aliphatic rings. The topological polar surface area (TPSA) is 23.6 Å². The van der Waals surface area contributed by atoms with E-state index < -0.39 is 29.8 Å². The lowest BCUT2D eigenvalue weighted by Gasteiger charge is -2.33. The van der Waals surface area contributed by atoms with Crippen LogP contribution in [0, 0.1) is 11.8 Å². The molecule has 0 bridgehead atoms. The summed E-state index contributed by atoms with van der Waals surface area (Å²) in [6.07, 6.45) is -7.07. The number of halogens is 6. The smallest absolute Gasteiger partial charge is 0.341 e. The van der Waals surface area contributed by atoms with Gasteiger partial charge in [0.15, 0.2) is 0 Å². The van der Waals surface area contributed by atoms with Crippen LogP contribution in [-0.2, 0) is 17.5 Å². The summed E-state index contributed by atoms with van der Waals surface area (Å²) < 4.78 is 77.2. The summed E-state index contributed by atoms with van der Waals surface area (Å²) in [6, 6.07) is 5.03. The van der Waals surface area contributed by atoms with Crippen molar-refractivity contribution in [3.8, 4) is 0 Å². The van der Waals surface area contributed by atoms with Gasteiger partial charge in [0.2, 0.25) is 5.91 Å². The molecule has 1 aromatic rings. The molecule has 3 rings (SSSR count). The summed E-state index contributed by atoms with van der Waals surface area (Å²) >= 11 is 0. The van der Waals surface area contributed by atoms with Gasteiger partial charge in [-0.2, -0.15) is 26.3 Å². The average Bonchev–Trinajstić information content (AvgIpc) is 2.92. The summed E-state index contributed by atoms with van der Waals surface area (Å²) in [4.78, 5) is 16.5. The fourth-order valence-electron chi connectivity index (χ4n) is 4.38. The molecule has 1 saturated heterocycles. The first kappa shape index (κ1) is 22.9. The van der Waals surface area contributed by atoms with Crippen LogP contribution in [0.5, 0.6) is 0 Å². The van der Waals surface area contributed by atoms with E-state index in [0.29, 0.717) is 52.0 Å². The number of hydrogen-bond donors (Lipinski definition) is 0. The lowest BCUT2D eigenvalue weighted by molar-refractivity contribution is -0.187. The van der Waals surface area contributed by atoms with Crippen LogP contribution in [0.1, 0.15) is 43.2 Å². The average molecular weight is 436 g/mol. The first-order valence-corrected chi connectivity index (χ1v) is 10.3. The van der Waals surface area contributed by atoms with Crippen molar-refractivity contribution >= 4 is 5.91 Å². The molecule has 168 valence electrons. The molecule has 3 nitrogen and oxygen atoms in total. The quantitative estimate of drug-likeness (QED) is 0.615. The molecule has 2 fully saturated rings. The maximum absolute atomic E-state index is 13.0. The predicted molar refractivity (Wildman–Crippen MR) is 99.4 cm³/mol. The van der Waals surface area contributed by atoms with Crippen LogP contribution in [0.15, 0.2) is 24.3 Å². The van der Waals surface area contributed by atoms with E-state index in [1.54, 1.807) is 4.90 Å². The highest BCUT2D eigenvalue weighted by molar-refractivity contribution is 5.79. The zero-order valence-corrected chi connectivity index (χ0v) is 16.6.